The summed E-state index contributed by atoms with van der Waals surface area (Å²) in [7, 11) is 0. The number of halogens is 1. The van der Waals surface area contributed by atoms with E-state index in [9.17, 15) is 14.0 Å². The van der Waals surface area contributed by atoms with Crippen molar-refractivity contribution >= 4 is 28.8 Å². The predicted octanol–water partition coefficient (Wildman–Crippen LogP) is 4.49. The van der Waals surface area contributed by atoms with Gasteiger partial charge in [0.2, 0.25) is 0 Å². The van der Waals surface area contributed by atoms with E-state index in [-0.39, 0.29) is 17.6 Å². The maximum absolute atomic E-state index is 13.1. The van der Waals surface area contributed by atoms with Gasteiger partial charge >= 0.3 is 0 Å². The average molecular weight is 424 g/mol. The highest BCUT2D eigenvalue weighted by atomic mass is 32.1. The third-order valence-corrected chi connectivity index (χ3v) is 5.84. The quantitative estimate of drug-likeness (QED) is 0.657. The first-order chi connectivity index (χ1) is 14.5. The van der Waals surface area contributed by atoms with Crippen molar-refractivity contribution in [1.29, 1.82) is 0 Å². The highest BCUT2D eigenvalue weighted by Crippen LogP contribution is 2.29. The Hall–Kier alpha value is -3.19. The third kappa shape index (κ3) is 4.52. The molecule has 3 aromatic rings. The summed E-state index contributed by atoms with van der Waals surface area (Å²) in [5, 5.41) is 4.75. The Bertz CT molecular complexity index is 1050. The van der Waals surface area contributed by atoms with E-state index in [1.165, 1.54) is 23.5 Å². The Morgan fingerprint density at radius 3 is 2.77 bits per heavy atom. The second-order valence-corrected chi connectivity index (χ2v) is 8.10. The number of ether oxygens (including phenoxy) is 1. The van der Waals surface area contributed by atoms with Crippen LogP contribution in [0.1, 0.15) is 27.7 Å². The Kier molecular flexibility index (Phi) is 5.81. The summed E-state index contributed by atoms with van der Waals surface area (Å²) in [6, 6.07) is 15.3. The van der Waals surface area contributed by atoms with E-state index in [4.69, 9.17) is 4.74 Å². The van der Waals surface area contributed by atoms with E-state index in [1.54, 1.807) is 42.2 Å². The number of amides is 2. The largest absolute Gasteiger partial charge is 0.481 e. The van der Waals surface area contributed by atoms with Crippen LogP contribution in [0.25, 0.3) is 0 Å². The van der Waals surface area contributed by atoms with Gasteiger partial charge in [0.05, 0.1) is 4.88 Å². The van der Waals surface area contributed by atoms with Gasteiger partial charge in [0, 0.05) is 24.3 Å². The van der Waals surface area contributed by atoms with Crippen LogP contribution in [0.5, 0.6) is 5.75 Å². The Labute approximate surface area is 178 Å². The molecule has 1 aromatic heterocycles. The fraction of sp³-hybridized carbons (Fsp3) is 0.217. The minimum Gasteiger partial charge on any atom is -0.481 e. The second-order valence-electron chi connectivity index (χ2n) is 7.15. The van der Waals surface area contributed by atoms with E-state index in [0.717, 1.165) is 11.1 Å². The van der Waals surface area contributed by atoms with E-state index < -0.39 is 6.10 Å². The molecule has 0 aliphatic carbocycles. The molecule has 1 aliphatic heterocycles. The Morgan fingerprint density at radius 1 is 1.23 bits per heavy atom. The molecule has 2 amide bonds. The van der Waals surface area contributed by atoms with Gasteiger partial charge in [-0.3, -0.25) is 9.59 Å². The number of nitrogens with one attached hydrogen (secondary N) is 1. The van der Waals surface area contributed by atoms with Crippen LogP contribution < -0.4 is 10.1 Å². The second kappa shape index (κ2) is 8.67. The summed E-state index contributed by atoms with van der Waals surface area (Å²) >= 11 is 1.38. The van der Waals surface area contributed by atoms with Crippen molar-refractivity contribution < 1.29 is 18.7 Å². The molecule has 0 bridgehead atoms. The smallest absolute Gasteiger partial charge is 0.265 e. The normalized spacial score (nSPS) is 15.9. The number of fused-ring (bicyclic) bond motifs is 1. The van der Waals surface area contributed by atoms with Gasteiger partial charge in [0.15, 0.2) is 6.10 Å². The number of rotatable bonds is 5. The van der Waals surface area contributed by atoms with Crippen LogP contribution in [0.2, 0.25) is 0 Å². The number of hydrogen-bond donors (Lipinski definition) is 1. The zero-order chi connectivity index (χ0) is 21.1. The molecule has 0 saturated heterocycles. The van der Waals surface area contributed by atoms with E-state index >= 15 is 0 Å². The van der Waals surface area contributed by atoms with Gasteiger partial charge in [-0.05, 0) is 60.7 Å². The topological polar surface area (TPSA) is 58.6 Å². The molecule has 0 unspecified atom stereocenters. The maximum Gasteiger partial charge on any atom is 0.265 e. The van der Waals surface area contributed by atoms with E-state index in [1.807, 2.05) is 17.5 Å². The molecule has 1 aliphatic rings. The van der Waals surface area contributed by atoms with E-state index in [0.29, 0.717) is 35.8 Å². The standard InChI is InChI=1S/C23H21FN2O3S/c1-15-23(28)26(11-10-16-4-6-18(24)7-5-16)14-17-13-19(8-9-20(17)29-15)25-22(27)21-3-2-12-30-21/h2-9,12-13,15H,10-11,14H2,1H3,(H,25,27)/t15-/m1/s1. The Morgan fingerprint density at radius 2 is 2.03 bits per heavy atom. The lowest BCUT2D eigenvalue weighted by molar-refractivity contribution is -0.137. The molecule has 1 N–H and O–H groups in total. The number of hydrogen-bond acceptors (Lipinski definition) is 4. The van der Waals surface area contributed by atoms with E-state index in [2.05, 4.69) is 5.32 Å². The molecule has 5 nitrogen and oxygen atoms in total. The highest BCUT2D eigenvalue weighted by Gasteiger charge is 2.27. The fourth-order valence-corrected chi connectivity index (χ4v) is 4.00. The summed E-state index contributed by atoms with van der Waals surface area (Å²) in [4.78, 5) is 27.5. The minimum absolute atomic E-state index is 0.0996. The maximum atomic E-state index is 13.1. The average Bonchev–Trinajstić information content (AvgIpc) is 3.25. The summed E-state index contributed by atoms with van der Waals surface area (Å²) in [5.74, 6) is 0.0847. The van der Waals surface area contributed by atoms with Crippen molar-refractivity contribution in [2.45, 2.75) is 26.0 Å². The summed E-state index contributed by atoms with van der Waals surface area (Å²) in [5.41, 5.74) is 2.44. The molecule has 30 heavy (non-hydrogen) atoms. The predicted molar refractivity (Wildman–Crippen MR) is 114 cm³/mol. The molecule has 7 heteroatoms. The molecule has 2 aromatic carbocycles. The highest BCUT2D eigenvalue weighted by molar-refractivity contribution is 7.12. The molecule has 1 atom stereocenters. The van der Waals surface area contributed by atoms with Crippen LogP contribution in [-0.4, -0.2) is 29.4 Å². The minimum atomic E-state index is -0.606. The molecule has 0 radical (unpaired) electrons. The Balaban J connectivity index is 1.51. The zero-order valence-electron chi connectivity index (χ0n) is 16.4. The fourth-order valence-electron chi connectivity index (χ4n) is 3.38. The zero-order valence-corrected chi connectivity index (χ0v) is 17.2. The van der Waals surface area contributed by atoms with Crippen LogP contribution in [0.15, 0.2) is 60.0 Å². The third-order valence-electron chi connectivity index (χ3n) is 4.97. The van der Waals surface area contributed by atoms with Crippen LogP contribution in [-0.2, 0) is 17.8 Å². The van der Waals surface area contributed by atoms with Crippen molar-refractivity contribution in [3.05, 3.63) is 81.8 Å². The van der Waals surface area contributed by atoms with Gasteiger partial charge < -0.3 is 15.0 Å². The monoisotopic (exact) mass is 424 g/mol. The van der Waals surface area contributed by atoms with Gasteiger partial charge in [-0.15, -0.1) is 11.3 Å². The molecular formula is C23H21FN2O3S. The molecule has 2 heterocycles. The molecule has 0 saturated carbocycles. The van der Waals surface area contributed by atoms with Gasteiger partial charge in [-0.1, -0.05) is 18.2 Å². The van der Waals surface area contributed by atoms with Crippen molar-refractivity contribution in [1.82, 2.24) is 4.90 Å². The van der Waals surface area contributed by atoms with Crippen molar-refractivity contribution in [3.63, 3.8) is 0 Å². The van der Waals surface area contributed by atoms with Gasteiger partial charge in [-0.2, -0.15) is 0 Å². The van der Waals surface area contributed by atoms with Crippen LogP contribution in [0.3, 0.4) is 0 Å². The lowest BCUT2D eigenvalue weighted by atomic mass is 10.1. The van der Waals surface area contributed by atoms with Crippen LogP contribution in [0, 0.1) is 5.82 Å². The first kappa shape index (κ1) is 20.1. The lowest BCUT2D eigenvalue weighted by Gasteiger charge is -2.22. The van der Waals surface area contributed by atoms with Gasteiger partial charge in [0.1, 0.15) is 11.6 Å². The number of nitrogens with zero attached hydrogens (tertiary/aromatic N) is 1. The SMILES string of the molecule is C[C@H]1Oc2ccc(NC(=O)c3cccs3)cc2CN(CCc2ccc(F)cc2)C1=O. The number of carbonyl (C=O) groups is 2. The first-order valence-electron chi connectivity index (χ1n) is 9.67. The van der Waals surface area contributed by atoms with Crippen molar-refractivity contribution in [3.8, 4) is 5.75 Å². The first-order valence-corrected chi connectivity index (χ1v) is 10.6. The summed E-state index contributed by atoms with van der Waals surface area (Å²) in [6.07, 6.45) is 0.00844. The van der Waals surface area contributed by atoms with Gasteiger partial charge in [0.25, 0.3) is 11.8 Å². The summed E-state index contributed by atoms with van der Waals surface area (Å²) < 4.78 is 19.0. The van der Waals surface area contributed by atoms with Gasteiger partial charge in [-0.25, -0.2) is 4.39 Å². The van der Waals surface area contributed by atoms with Crippen LogP contribution in [0.4, 0.5) is 10.1 Å². The molecule has 154 valence electrons. The summed E-state index contributed by atoms with van der Waals surface area (Å²) in [6.45, 7) is 2.60. The molecule has 0 fully saturated rings. The molecule has 0 spiro atoms. The number of carbonyl (C=O) groups excluding carboxylic acids is 2. The van der Waals surface area contributed by atoms with Crippen LogP contribution >= 0.6 is 11.3 Å². The molecule has 4 rings (SSSR count). The van der Waals surface area contributed by atoms with Crippen molar-refractivity contribution in [2.75, 3.05) is 11.9 Å². The molecular weight excluding hydrogens is 403 g/mol. The number of benzene rings is 2. The number of thiophene rings is 1. The van der Waals surface area contributed by atoms with Crippen molar-refractivity contribution in [2.24, 2.45) is 0 Å². The number of anilines is 1. The lowest BCUT2D eigenvalue weighted by Crippen LogP contribution is -2.39.